The maximum absolute atomic E-state index is 13.2. The molecule has 0 amide bonds. The maximum atomic E-state index is 13.2. The van der Waals surface area contributed by atoms with Crippen LogP contribution in [0.4, 0.5) is 0 Å². The zero-order valence-electron chi connectivity index (χ0n) is 20.3. The highest BCUT2D eigenvalue weighted by molar-refractivity contribution is 5.89. The lowest BCUT2D eigenvalue weighted by atomic mass is 9.52. The van der Waals surface area contributed by atoms with E-state index >= 15 is 0 Å². The van der Waals surface area contributed by atoms with Crippen LogP contribution in [0.5, 0.6) is 11.5 Å². The molecule has 4 aliphatic rings. The van der Waals surface area contributed by atoms with Gasteiger partial charge in [-0.25, -0.2) is 0 Å². The molecule has 1 aromatic rings. The molecule has 1 spiro atoms. The maximum Gasteiger partial charge on any atom is 0.174 e. The second-order valence-corrected chi connectivity index (χ2v) is 5.77. The van der Waals surface area contributed by atoms with Crippen molar-refractivity contribution in [3.63, 3.8) is 0 Å². The summed E-state index contributed by atoms with van der Waals surface area (Å²) in [5.41, 5.74) is -2.55. The lowest BCUT2D eigenvalue weighted by molar-refractivity contribution is -0.138. The van der Waals surface area contributed by atoms with Gasteiger partial charge in [-0.2, -0.15) is 0 Å². The van der Waals surface area contributed by atoms with E-state index in [0.29, 0.717) is 0 Å². The van der Waals surface area contributed by atoms with Crippen molar-refractivity contribution in [1.29, 1.82) is 0 Å². The van der Waals surface area contributed by atoms with Crippen molar-refractivity contribution in [2.75, 3.05) is 13.6 Å². The average Bonchev–Trinajstić information content (AvgIpc) is 2.92. The Labute approximate surface area is 136 Å². The summed E-state index contributed by atoms with van der Waals surface area (Å²) >= 11 is 0. The fraction of sp³-hybridized carbons (Fsp3) is 0.588. The molecule has 4 nitrogen and oxygen atoms in total. The molecule has 4 atom stereocenters. The highest BCUT2D eigenvalue weighted by Gasteiger charge is 2.65. The van der Waals surface area contributed by atoms with Gasteiger partial charge in [-0.15, -0.1) is 0 Å². The lowest BCUT2D eigenvalue weighted by Crippen LogP contribution is -2.65. The summed E-state index contributed by atoms with van der Waals surface area (Å²) in [6, 6.07) is -0.402. The first-order valence-corrected chi connectivity index (χ1v) is 6.84. The second kappa shape index (κ2) is 3.61. The van der Waals surface area contributed by atoms with Gasteiger partial charge in [0.05, 0.1) is 1.37 Å². The molecule has 4 heteroatoms. The number of ketones is 1. The number of ether oxygens (including phenoxy) is 1. The summed E-state index contributed by atoms with van der Waals surface area (Å²) < 4.78 is 84.5. The fourth-order valence-electron chi connectivity index (χ4n) is 3.82. The summed E-state index contributed by atoms with van der Waals surface area (Å²) in [5, 5.41) is 10.4. The van der Waals surface area contributed by atoms with Crippen molar-refractivity contribution in [3.8, 4) is 11.5 Å². The van der Waals surface area contributed by atoms with E-state index in [-0.39, 0.29) is 24.1 Å². The lowest BCUT2D eigenvalue weighted by Gasteiger charge is -2.57. The highest BCUT2D eigenvalue weighted by Crippen LogP contribution is 2.62. The van der Waals surface area contributed by atoms with Crippen LogP contribution < -0.4 is 4.74 Å². The number of likely N-dealkylation sites (N-methyl/N-ethyl adjacent to an activating group) is 1. The van der Waals surface area contributed by atoms with Crippen molar-refractivity contribution < 1.29 is 27.0 Å². The molecule has 2 aliphatic heterocycles. The highest BCUT2D eigenvalue weighted by atomic mass is 16.5. The predicted octanol–water partition coefficient (Wildman–Crippen LogP) is 1.63. The Hall–Kier alpha value is -1.55. The van der Waals surface area contributed by atoms with Gasteiger partial charge in [0.15, 0.2) is 23.4 Å². The molecule has 0 radical (unpaired) electrons. The number of aromatic hydroxyl groups is 1. The third-order valence-corrected chi connectivity index (χ3v) is 4.78. The van der Waals surface area contributed by atoms with E-state index < -0.39 is 59.8 Å². The SMILES string of the molecule is [2H]C1([2H])C(=O)[C@]2([2H])Oc3c(O)ccc4c3[C@@]23CCN(C)[C@]([2H])(C4([2H])[2H])[C@]3([2H])C1([2H])[2H]. The number of carbonyl (C=O) groups excluding carboxylic acids is 1. The molecule has 2 bridgehead atoms. The molecule has 21 heavy (non-hydrogen) atoms. The number of carbonyl (C=O) groups is 1. The minimum atomic E-state index is -3.42. The number of benzene rings is 1. The van der Waals surface area contributed by atoms with Gasteiger partial charge >= 0.3 is 0 Å². The molecule has 0 aromatic heterocycles. The molecular formula is C17H19NO3. The first-order chi connectivity index (χ1) is 13.5. The average molecular weight is 294 g/mol. The van der Waals surface area contributed by atoms with Crippen molar-refractivity contribution >= 4 is 5.78 Å². The van der Waals surface area contributed by atoms with Crippen LogP contribution >= 0.6 is 0 Å². The van der Waals surface area contributed by atoms with Crippen LogP contribution in [0.25, 0.3) is 0 Å². The van der Waals surface area contributed by atoms with Gasteiger partial charge < -0.3 is 14.7 Å². The number of piperidine rings is 1. The third-order valence-electron chi connectivity index (χ3n) is 4.78. The summed E-state index contributed by atoms with van der Waals surface area (Å²) in [6.07, 6.45) is -12.6. The number of phenolic OH excluding ortho intramolecular Hbond substituents is 1. The van der Waals surface area contributed by atoms with Gasteiger partial charge in [-0.05, 0) is 50.3 Å². The molecule has 0 unspecified atom stereocenters. The number of hydrogen-bond donors (Lipinski definition) is 1. The van der Waals surface area contributed by atoms with Gasteiger partial charge in [-0.1, -0.05) is 6.07 Å². The molecule has 110 valence electrons. The Morgan fingerprint density at radius 3 is 3.29 bits per heavy atom. The van der Waals surface area contributed by atoms with Gasteiger partial charge in [-0.3, -0.25) is 4.79 Å². The molecule has 2 aliphatic carbocycles. The molecule has 2 heterocycles. The molecular weight excluding hydrogens is 266 g/mol. The molecule has 1 N–H and O–H groups in total. The largest absolute Gasteiger partial charge is 0.504 e. The van der Waals surface area contributed by atoms with Crippen LogP contribution in [0.1, 0.15) is 42.6 Å². The van der Waals surface area contributed by atoms with Crippen molar-refractivity contribution in [3.05, 3.63) is 23.3 Å². The van der Waals surface area contributed by atoms with Crippen molar-refractivity contribution in [1.82, 2.24) is 4.90 Å². The Morgan fingerprint density at radius 1 is 1.57 bits per heavy atom. The van der Waals surface area contributed by atoms with E-state index in [1.165, 1.54) is 13.1 Å². The van der Waals surface area contributed by atoms with Crippen LogP contribution in [0, 0.1) is 5.89 Å². The topological polar surface area (TPSA) is 49.8 Å². The Bertz CT molecular complexity index is 1050. The zero-order valence-corrected chi connectivity index (χ0v) is 11.3. The number of nitrogens with zero attached hydrogens (tertiary/aromatic N) is 1. The Morgan fingerprint density at radius 2 is 2.43 bits per heavy atom. The monoisotopic (exact) mass is 294 g/mol. The molecule has 2 fully saturated rings. The number of phenols is 1. The molecule has 1 saturated heterocycles. The van der Waals surface area contributed by atoms with Gasteiger partial charge in [0.25, 0.3) is 0 Å². The second-order valence-electron chi connectivity index (χ2n) is 5.77. The van der Waals surface area contributed by atoms with Crippen LogP contribution in [-0.4, -0.2) is 41.5 Å². The first-order valence-electron chi connectivity index (χ1n) is 11.3. The zero-order chi connectivity index (χ0) is 22.5. The van der Waals surface area contributed by atoms with E-state index in [1.807, 2.05) is 0 Å². The third kappa shape index (κ3) is 1.20. The molecule has 1 aromatic carbocycles. The Balaban J connectivity index is 2.09. The van der Waals surface area contributed by atoms with Gasteiger partial charge in [0, 0.05) is 34.3 Å². The van der Waals surface area contributed by atoms with Crippen LogP contribution in [0.2, 0.25) is 0 Å². The summed E-state index contributed by atoms with van der Waals surface area (Å²) in [4.78, 5) is 14.4. The van der Waals surface area contributed by atoms with Crippen LogP contribution in [-0.2, 0) is 16.6 Å². The van der Waals surface area contributed by atoms with E-state index in [4.69, 9.17) is 14.3 Å². The Kier molecular flexibility index (Phi) is 1.08. The fourth-order valence-corrected chi connectivity index (χ4v) is 3.82. The molecule has 5 rings (SSSR count). The standard InChI is InChI=1S/C17H19NO3/c1-18-7-6-17-10-3-5-13(20)16(17)21-15-12(19)4-2-9(14(15)17)8-11(10)18/h2,4,10-11,16,19H,3,5-8H2,1H3/t10-,11+,16-,17-/m0/s1/i3D2,5D2,8D2,10D,11D,16D. The van der Waals surface area contributed by atoms with Crippen molar-refractivity contribution in [2.45, 2.75) is 43.1 Å². The minimum Gasteiger partial charge on any atom is -0.504 e. The van der Waals surface area contributed by atoms with E-state index in [9.17, 15) is 12.6 Å². The summed E-state index contributed by atoms with van der Waals surface area (Å²) in [7, 11) is 1.35. The predicted molar refractivity (Wildman–Crippen MR) is 76.7 cm³/mol. The van der Waals surface area contributed by atoms with Gasteiger partial charge in [0.2, 0.25) is 0 Å². The van der Waals surface area contributed by atoms with Gasteiger partial charge in [0.1, 0.15) is 0 Å². The first kappa shape index (κ1) is 6.29. The quantitative estimate of drug-likeness (QED) is 0.790. The number of rotatable bonds is 0. The van der Waals surface area contributed by atoms with Crippen LogP contribution in [0.15, 0.2) is 12.1 Å². The van der Waals surface area contributed by atoms with E-state index in [0.717, 1.165) is 11.0 Å². The normalized spacial score (nSPS) is 63.9. The summed E-state index contributed by atoms with van der Waals surface area (Å²) in [6.45, 7) is -0.0610. The number of Topliss-reactive ketones (excluding diaryl/α,β-unsaturated/α-hetero) is 1. The van der Waals surface area contributed by atoms with Crippen molar-refractivity contribution in [2.24, 2.45) is 5.89 Å². The minimum absolute atomic E-state index is 0.0610. The number of hydrogen-bond acceptors (Lipinski definition) is 4. The molecule has 1 saturated carbocycles. The van der Waals surface area contributed by atoms with E-state index in [2.05, 4.69) is 0 Å². The van der Waals surface area contributed by atoms with E-state index in [1.54, 1.807) is 0 Å². The number of likely N-dealkylation sites (tertiary alicyclic amines) is 1. The van der Waals surface area contributed by atoms with Crippen LogP contribution in [0.3, 0.4) is 0 Å². The summed E-state index contributed by atoms with van der Waals surface area (Å²) in [5.74, 6) is -5.46. The smallest absolute Gasteiger partial charge is 0.174 e.